The number of halogens is 4. The number of carbonyl (C=O) groups is 1. The van der Waals surface area contributed by atoms with Gasteiger partial charge in [-0.25, -0.2) is 18.0 Å². The summed E-state index contributed by atoms with van der Waals surface area (Å²) in [5.74, 6) is -5.60. The van der Waals surface area contributed by atoms with E-state index in [0.29, 0.717) is 0 Å². The van der Waals surface area contributed by atoms with E-state index in [1.165, 1.54) is 0 Å². The molecule has 2 rings (SSSR count). The molecule has 1 aromatic rings. The molecule has 0 bridgehead atoms. The summed E-state index contributed by atoms with van der Waals surface area (Å²) in [6.45, 7) is 0. The van der Waals surface area contributed by atoms with Crippen LogP contribution in [0.3, 0.4) is 0 Å². The quantitative estimate of drug-likeness (QED) is 0.863. The van der Waals surface area contributed by atoms with E-state index in [4.69, 9.17) is 5.11 Å². The molecule has 1 aliphatic carbocycles. The van der Waals surface area contributed by atoms with Gasteiger partial charge in [-0.15, -0.1) is 0 Å². The minimum absolute atomic E-state index is 0.0764. The summed E-state index contributed by atoms with van der Waals surface area (Å²) in [6, 6.07) is 0.779. The molecule has 1 N–H and O–H groups in total. The van der Waals surface area contributed by atoms with Crippen molar-refractivity contribution in [3.8, 4) is 0 Å². The number of hydrogen-bond donors (Lipinski definition) is 1. The van der Waals surface area contributed by atoms with Crippen molar-refractivity contribution >= 4 is 21.9 Å². The Bertz CT molecular complexity index is 485. The summed E-state index contributed by atoms with van der Waals surface area (Å²) in [6.07, 6.45) is -0.606. The lowest BCUT2D eigenvalue weighted by molar-refractivity contribution is -0.00253. The van der Waals surface area contributed by atoms with E-state index in [9.17, 15) is 18.0 Å². The number of benzene rings is 1. The third kappa shape index (κ3) is 1.52. The molecule has 1 aliphatic rings. The van der Waals surface area contributed by atoms with Crippen molar-refractivity contribution in [3.05, 3.63) is 33.0 Å². The van der Waals surface area contributed by atoms with E-state index in [-0.39, 0.29) is 16.5 Å². The molecule has 86 valence electrons. The van der Waals surface area contributed by atoms with E-state index in [0.717, 1.165) is 6.07 Å². The number of fused-ring (bicyclic) bond motifs is 1. The minimum Gasteiger partial charge on any atom is -0.478 e. The minimum atomic E-state index is -3.09. The maximum Gasteiger partial charge on any atom is 0.338 e. The molecular weight excluding hydrogens is 289 g/mol. The van der Waals surface area contributed by atoms with Crippen LogP contribution in [0.2, 0.25) is 0 Å². The first-order valence-electron chi connectivity index (χ1n) is 4.47. The van der Waals surface area contributed by atoms with Gasteiger partial charge in [-0.2, -0.15) is 0 Å². The van der Waals surface area contributed by atoms with Crippen molar-refractivity contribution in [2.75, 3.05) is 0 Å². The second-order valence-electron chi connectivity index (χ2n) is 3.58. The molecule has 0 saturated carbocycles. The zero-order valence-electron chi connectivity index (χ0n) is 7.86. The van der Waals surface area contributed by atoms with Crippen LogP contribution in [0, 0.1) is 5.82 Å². The Morgan fingerprint density at radius 2 is 2.12 bits per heavy atom. The SMILES string of the molecule is O=C(O)c1c(F)cc(Br)c2c1CCC2(F)F. The third-order valence-electron chi connectivity index (χ3n) is 2.60. The summed E-state index contributed by atoms with van der Waals surface area (Å²) in [5.41, 5.74) is -1.15. The standard InChI is InChI=1S/C10H6BrF3O2/c11-5-3-6(12)7(9(15)16)4-1-2-10(13,14)8(4)5/h3H,1-2H2,(H,15,16). The molecular formula is C10H6BrF3O2. The molecule has 0 heterocycles. The fraction of sp³-hybridized carbons (Fsp3) is 0.300. The molecule has 0 atom stereocenters. The van der Waals surface area contributed by atoms with Crippen LogP contribution >= 0.6 is 15.9 Å². The van der Waals surface area contributed by atoms with Crippen molar-refractivity contribution in [3.63, 3.8) is 0 Å². The van der Waals surface area contributed by atoms with E-state index >= 15 is 0 Å². The number of carboxylic acid groups (broad SMARTS) is 1. The molecule has 1 aromatic carbocycles. The predicted octanol–water partition coefficient (Wildman–Crippen LogP) is 3.32. The van der Waals surface area contributed by atoms with Gasteiger partial charge in [0.2, 0.25) is 0 Å². The molecule has 0 aromatic heterocycles. The van der Waals surface area contributed by atoms with Crippen molar-refractivity contribution in [1.29, 1.82) is 0 Å². The third-order valence-corrected chi connectivity index (χ3v) is 3.23. The summed E-state index contributed by atoms with van der Waals surface area (Å²) >= 11 is 2.84. The van der Waals surface area contributed by atoms with Crippen molar-refractivity contribution in [2.24, 2.45) is 0 Å². The average Bonchev–Trinajstić information content (AvgIpc) is 2.41. The van der Waals surface area contributed by atoms with Crippen molar-refractivity contribution in [1.82, 2.24) is 0 Å². The highest BCUT2D eigenvalue weighted by molar-refractivity contribution is 9.10. The number of alkyl halides is 2. The van der Waals surface area contributed by atoms with Gasteiger partial charge >= 0.3 is 5.97 Å². The normalized spacial score (nSPS) is 17.2. The van der Waals surface area contributed by atoms with Crippen LogP contribution in [0.25, 0.3) is 0 Å². The Balaban J connectivity index is 2.78. The maximum absolute atomic E-state index is 13.4. The largest absolute Gasteiger partial charge is 0.478 e. The number of carboxylic acids is 1. The Hall–Kier alpha value is -1.04. The number of rotatable bonds is 1. The van der Waals surface area contributed by atoms with Crippen LogP contribution in [0.1, 0.15) is 27.9 Å². The Morgan fingerprint density at radius 3 is 2.69 bits per heavy atom. The number of hydrogen-bond acceptors (Lipinski definition) is 1. The molecule has 16 heavy (non-hydrogen) atoms. The molecule has 6 heteroatoms. The molecule has 0 unspecified atom stereocenters. The summed E-state index contributed by atoms with van der Waals surface area (Å²) in [5, 5.41) is 8.79. The zero-order chi connectivity index (χ0) is 12.1. The van der Waals surface area contributed by atoms with Crippen molar-refractivity contribution in [2.45, 2.75) is 18.8 Å². The summed E-state index contributed by atoms with van der Waals surface area (Å²) in [4.78, 5) is 10.8. The first kappa shape index (κ1) is 11.4. The smallest absolute Gasteiger partial charge is 0.338 e. The summed E-state index contributed by atoms with van der Waals surface area (Å²) in [7, 11) is 0. The van der Waals surface area contributed by atoms with E-state index in [2.05, 4.69) is 15.9 Å². The second kappa shape index (κ2) is 3.48. The average molecular weight is 295 g/mol. The van der Waals surface area contributed by atoms with Gasteiger partial charge in [0.15, 0.2) is 0 Å². The second-order valence-corrected chi connectivity index (χ2v) is 4.43. The molecule has 0 spiro atoms. The van der Waals surface area contributed by atoms with Gasteiger partial charge in [0.05, 0.1) is 5.56 Å². The first-order valence-corrected chi connectivity index (χ1v) is 5.26. The highest BCUT2D eigenvalue weighted by Gasteiger charge is 2.43. The van der Waals surface area contributed by atoms with Crippen LogP contribution in [-0.2, 0) is 12.3 Å². The van der Waals surface area contributed by atoms with Crippen LogP contribution < -0.4 is 0 Å². The number of aromatic carboxylic acids is 1. The fourth-order valence-corrected chi connectivity index (χ4v) is 2.68. The van der Waals surface area contributed by atoms with Crippen LogP contribution in [-0.4, -0.2) is 11.1 Å². The molecule has 0 fully saturated rings. The fourth-order valence-electron chi connectivity index (χ4n) is 1.95. The molecule has 2 nitrogen and oxygen atoms in total. The Labute approximate surface area is 97.2 Å². The van der Waals surface area contributed by atoms with Gasteiger partial charge in [-0.1, -0.05) is 15.9 Å². The van der Waals surface area contributed by atoms with Gasteiger partial charge in [-0.05, 0) is 18.1 Å². The van der Waals surface area contributed by atoms with E-state index in [1.807, 2.05) is 0 Å². The highest BCUT2D eigenvalue weighted by Crippen LogP contribution is 2.47. The Kier molecular flexibility index (Phi) is 2.49. The first-order chi connectivity index (χ1) is 7.34. The predicted molar refractivity (Wildman–Crippen MR) is 53.3 cm³/mol. The van der Waals surface area contributed by atoms with Gasteiger partial charge in [0.25, 0.3) is 5.92 Å². The lowest BCUT2D eigenvalue weighted by atomic mass is 10.0. The Morgan fingerprint density at radius 1 is 1.50 bits per heavy atom. The van der Waals surface area contributed by atoms with Gasteiger partial charge < -0.3 is 5.11 Å². The van der Waals surface area contributed by atoms with Crippen molar-refractivity contribution < 1.29 is 23.1 Å². The van der Waals surface area contributed by atoms with E-state index in [1.54, 1.807) is 0 Å². The van der Waals surface area contributed by atoms with Crippen LogP contribution in [0.4, 0.5) is 13.2 Å². The van der Waals surface area contributed by atoms with Gasteiger partial charge in [0.1, 0.15) is 5.82 Å². The van der Waals surface area contributed by atoms with Gasteiger partial charge in [0, 0.05) is 16.5 Å². The lowest BCUT2D eigenvalue weighted by Gasteiger charge is -2.13. The maximum atomic E-state index is 13.4. The van der Waals surface area contributed by atoms with Crippen LogP contribution in [0.5, 0.6) is 0 Å². The monoisotopic (exact) mass is 294 g/mol. The molecule has 0 aliphatic heterocycles. The van der Waals surface area contributed by atoms with Gasteiger partial charge in [-0.3, -0.25) is 0 Å². The lowest BCUT2D eigenvalue weighted by Crippen LogP contribution is -2.11. The van der Waals surface area contributed by atoms with E-state index < -0.39 is 35.3 Å². The highest BCUT2D eigenvalue weighted by atomic mass is 79.9. The zero-order valence-corrected chi connectivity index (χ0v) is 9.44. The molecule has 0 amide bonds. The van der Waals surface area contributed by atoms with Crippen LogP contribution in [0.15, 0.2) is 10.5 Å². The topological polar surface area (TPSA) is 37.3 Å². The summed E-state index contributed by atoms with van der Waals surface area (Å²) < 4.78 is 40.1. The molecule has 0 radical (unpaired) electrons. The molecule has 0 saturated heterocycles.